The van der Waals surface area contributed by atoms with Gasteiger partial charge in [0.1, 0.15) is 5.92 Å². The van der Waals surface area contributed by atoms with Gasteiger partial charge in [-0.05, 0) is 17.5 Å². The Hall–Kier alpha value is -1.35. The maximum atomic E-state index is 11.0. The van der Waals surface area contributed by atoms with Gasteiger partial charge in [-0.1, -0.05) is 31.2 Å². The van der Waals surface area contributed by atoms with Crippen molar-refractivity contribution in [3.05, 3.63) is 35.4 Å². The summed E-state index contributed by atoms with van der Waals surface area (Å²) in [4.78, 5) is 11.0. The molecule has 0 bridgehead atoms. The molecule has 1 unspecified atom stereocenters. The van der Waals surface area contributed by atoms with Crippen molar-refractivity contribution in [2.75, 3.05) is 13.7 Å². The number of carboxylic acids is 1. The number of hydrogen-bond acceptors (Lipinski definition) is 2. The highest BCUT2D eigenvalue weighted by molar-refractivity contribution is 5.76. The normalized spacial score (nSPS) is 12.4. The van der Waals surface area contributed by atoms with E-state index in [2.05, 4.69) is 6.92 Å². The summed E-state index contributed by atoms with van der Waals surface area (Å²) in [6, 6.07) is 7.63. The minimum atomic E-state index is -0.846. The molecule has 0 saturated carbocycles. The fourth-order valence-electron chi connectivity index (χ4n) is 1.46. The molecule has 0 aliphatic heterocycles. The number of ether oxygens (including phenoxy) is 1. The number of rotatable bonds is 5. The van der Waals surface area contributed by atoms with Crippen LogP contribution in [-0.4, -0.2) is 24.8 Å². The van der Waals surface area contributed by atoms with E-state index in [-0.39, 0.29) is 6.61 Å². The van der Waals surface area contributed by atoms with Crippen LogP contribution < -0.4 is 0 Å². The predicted octanol–water partition coefficient (Wildman–Crippen LogP) is 2.06. The van der Waals surface area contributed by atoms with Crippen LogP contribution in [0.1, 0.15) is 24.0 Å². The number of aryl methyl sites for hydroxylation is 1. The van der Waals surface area contributed by atoms with E-state index in [1.165, 1.54) is 12.7 Å². The molecule has 1 rings (SSSR count). The summed E-state index contributed by atoms with van der Waals surface area (Å²) in [6.07, 6.45) is 0.961. The quantitative estimate of drug-likeness (QED) is 0.805. The fraction of sp³-hybridized carbons (Fsp3) is 0.417. The van der Waals surface area contributed by atoms with Crippen LogP contribution in [0.15, 0.2) is 24.3 Å². The monoisotopic (exact) mass is 208 g/mol. The Morgan fingerprint density at radius 1 is 1.40 bits per heavy atom. The number of carbonyl (C=O) groups is 1. The molecule has 1 atom stereocenters. The van der Waals surface area contributed by atoms with Gasteiger partial charge in [-0.2, -0.15) is 0 Å². The Kier molecular flexibility index (Phi) is 4.31. The number of carboxylic acid groups (broad SMARTS) is 1. The van der Waals surface area contributed by atoms with Gasteiger partial charge in [-0.3, -0.25) is 4.79 Å². The smallest absolute Gasteiger partial charge is 0.313 e. The number of methoxy groups -OCH3 is 1. The summed E-state index contributed by atoms with van der Waals surface area (Å²) in [5, 5.41) is 9.00. The molecule has 0 aliphatic carbocycles. The van der Waals surface area contributed by atoms with Crippen LogP contribution >= 0.6 is 0 Å². The first-order valence-electron chi connectivity index (χ1n) is 4.99. The number of benzene rings is 1. The molecular formula is C12H16O3. The maximum absolute atomic E-state index is 11.0. The van der Waals surface area contributed by atoms with Crippen molar-refractivity contribution in [2.24, 2.45) is 0 Å². The van der Waals surface area contributed by atoms with E-state index in [0.717, 1.165) is 12.0 Å². The fourth-order valence-corrected chi connectivity index (χ4v) is 1.46. The zero-order valence-corrected chi connectivity index (χ0v) is 9.06. The summed E-state index contributed by atoms with van der Waals surface area (Å²) in [7, 11) is 1.51. The molecule has 15 heavy (non-hydrogen) atoms. The molecule has 0 spiro atoms. The third-order valence-corrected chi connectivity index (χ3v) is 2.42. The van der Waals surface area contributed by atoms with Gasteiger partial charge in [0, 0.05) is 7.11 Å². The first kappa shape index (κ1) is 11.7. The summed E-state index contributed by atoms with van der Waals surface area (Å²) in [5.74, 6) is -1.41. The number of hydrogen-bond donors (Lipinski definition) is 1. The average Bonchev–Trinajstić information content (AvgIpc) is 2.26. The zero-order valence-electron chi connectivity index (χ0n) is 9.06. The van der Waals surface area contributed by atoms with Gasteiger partial charge in [0.2, 0.25) is 0 Å². The van der Waals surface area contributed by atoms with Crippen LogP contribution in [0.3, 0.4) is 0 Å². The van der Waals surface area contributed by atoms with Gasteiger partial charge in [0.15, 0.2) is 0 Å². The lowest BCUT2D eigenvalue weighted by Gasteiger charge is -2.11. The van der Waals surface area contributed by atoms with Gasteiger partial charge in [-0.15, -0.1) is 0 Å². The Morgan fingerprint density at radius 3 is 2.40 bits per heavy atom. The van der Waals surface area contributed by atoms with Crippen LogP contribution in [0, 0.1) is 0 Å². The van der Waals surface area contributed by atoms with Crippen molar-refractivity contribution in [1.82, 2.24) is 0 Å². The SMILES string of the molecule is CCc1ccc(C(COC)C(=O)O)cc1. The largest absolute Gasteiger partial charge is 0.481 e. The van der Waals surface area contributed by atoms with Gasteiger partial charge in [-0.25, -0.2) is 0 Å². The Balaban J connectivity index is 2.86. The summed E-state index contributed by atoms with van der Waals surface area (Å²) < 4.78 is 4.90. The highest BCUT2D eigenvalue weighted by Crippen LogP contribution is 2.17. The molecule has 0 heterocycles. The summed E-state index contributed by atoms with van der Waals surface area (Å²) in [6.45, 7) is 2.28. The van der Waals surface area contributed by atoms with E-state index in [1.807, 2.05) is 24.3 Å². The first-order valence-corrected chi connectivity index (χ1v) is 4.99. The highest BCUT2D eigenvalue weighted by Gasteiger charge is 2.19. The van der Waals surface area contributed by atoms with Crippen LogP contribution in [0.2, 0.25) is 0 Å². The van der Waals surface area contributed by atoms with E-state index in [0.29, 0.717) is 0 Å². The molecule has 0 aliphatic rings. The van der Waals surface area contributed by atoms with Crippen molar-refractivity contribution >= 4 is 5.97 Å². The van der Waals surface area contributed by atoms with Crippen molar-refractivity contribution < 1.29 is 14.6 Å². The minimum Gasteiger partial charge on any atom is -0.481 e. The zero-order chi connectivity index (χ0) is 11.3. The molecule has 1 aromatic rings. The Morgan fingerprint density at radius 2 is 2.00 bits per heavy atom. The molecule has 3 nitrogen and oxygen atoms in total. The van der Waals surface area contributed by atoms with Crippen molar-refractivity contribution in [3.8, 4) is 0 Å². The van der Waals surface area contributed by atoms with E-state index in [9.17, 15) is 4.79 Å². The third kappa shape index (κ3) is 3.06. The van der Waals surface area contributed by atoms with E-state index in [4.69, 9.17) is 9.84 Å². The standard InChI is InChI=1S/C12H16O3/c1-3-9-4-6-10(7-5-9)11(8-15-2)12(13)14/h4-7,11H,3,8H2,1-2H3,(H,13,14). The first-order chi connectivity index (χ1) is 7.19. The molecule has 0 fully saturated rings. The summed E-state index contributed by atoms with van der Waals surface area (Å²) in [5.41, 5.74) is 2.00. The molecule has 1 N–H and O–H groups in total. The lowest BCUT2D eigenvalue weighted by molar-refractivity contribution is -0.140. The topological polar surface area (TPSA) is 46.5 Å². The van der Waals surface area contributed by atoms with E-state index >= 15 is 0 Å². The van der Waals surface area contributed by atoms with Gasteiger partial charge in [0.05, 0.1) is 6.61 Å². The second-order valence-corrected chi connectivity index (χ2v) is 3.44. The van der Waals surface area contributed by atoms with Crippen molar-refractivity contribution in [1.29, 1.82) is 0 Å². The van der Waals surface area contributed by atoms with Gasteiger partial charge in [0.25, 0.3) is 0 Å². The van der Waals surface area contributed by atoms with Crippen LogP contribution in [0.4, 0.5) is 0 Å². The van der Waals surface area contributed by atoms with Crippen molar-refractivity contribution in [2.45, 2.75) is 19.3 Å². The molecule has 1 aromatic carbocycles. The molecule has 0 saturated heterocycles. The molecule has 0 aromatic heterocycles. The molecule has 0 amide bonds. The second-order valence-electron chi connectivity index (χ2n) is 3.44. The molecular weight excluding hydrogens is 192 g/mol. The minimum absolute atomic E-state index is 0.209. The van der Waals surface area contributed by atoms with Gasteiger partial charge < -0.3 is 9.84 Å². The van der Waals surface area contributed by atoms with Crippen LogP contribution in [0.25, 0.3) is 0 Å². The second kappa shape index (κ2) is 5.51. The van der Waals surface area contributed by atoms with Gasteiger partial charge >= 0.3 is 5.97 Å². The Labute approximate surface area is 89.7 Å². The molecule has 0 radical (unpaired) electrons. The average molecular weight is 208 g/mol. The molecule has 82 valence electrons. The number of aliphatic carboxylic acids is 1. The van der Waals surface area contributed by atoms with E-state index in [1.54, 1.807) is 0 Å². The van der Waals surface area contributed by atoms with Crippen LogP contribution in [0.5, 0.6) is 0 Å². The summed E-state index contributed by atoms with van der Waals surface area (Å²) >= 11 is 0. The Bertz CT molecular complexity index is 316. The predicted molar refractivity (Wildman–Crippen MR) is 58.1 cm³/mol. The van der Waals surface area contributed by atoms with E-state index < -0.39 is 11.9 Å². The molecule has 3 heteroatoms. The lowest BCUT2D eigenvalue weighted by atomic mass is 9.98. The van der Waals surface area contributed by atoms with Crippen molar-refractivity contribution in [3.63, 3.8) is 0 Å². The highest BCUT2D eigenvalue weighted by atomic mass is 16.5. The van der Waals surface area contributed by atoms with Crippen LogP contribution in [-0.2, 0) is 16.0 Å². The lowest BCUT2D eigenvalue weighted by Crippen LogP contribution is -2.16. The maximum Gasteiger partial charge on any atom is 0.313 e. The third-order valence-electron chi connectivity index (χ3n) is 2.42.